The van der Waals surface area contributed by atoms with E-state index in [0.29, 0.717) is 5.92 Å². The minimum atomic E-state index is -0.175. The van der Waals surface area contributed by atoms with Crippen molar-refractivity contribution in [2.45, 2.75) is 52.0 Å². The van der Waals surface area contributed by atoms with Crippen LogP contribution in [0.3, 0.4) is 0 Å². The molecule has 2 rings (SSSR count). The van der Waals surface area contributed by atoms with Gasteiger partial charge >= 0.3 is 0 Å². The molecule has 1 aliphatic rings. The van der Waals surface area contributed by atoms with Gasteiger partial charge in [0.1, 0.15) is 5.82 Å². The summed E-state index contributed by atoms with van der Waals surface area (Å²) >= 11 is 0. The molecule has 1 unspecified atom stereocenters. The Morgan fingerprint density at radius 2 is 2.05 bits per heavy atom. The topological polar surface area (TPSA) is 24.9 Å². The van der Waals surface area contributed by atoms with Crippen LogP contribution in [-0.2, 0) is 0 Å². The molecule has 0 spiro atoms. The quantitative estimate of drug-likeness (QED) is 0.866. The maximum absolute atomic E-state index is 14.0. The average molecular weight is 264 g/mol. The third-order valence-corrected chi connectivity index (χ3v) is 4.50. The molecule has 0 aromatic carbocycles. The molecule has 0 radical (unpaired) electrons. The van der Waals surface area contributed by atoms with Crippen molar-refractivity contribution in [2.24, 2.45) is 11.8 Å². The van der Waals surface area contributed by atoms with Gasteiger partial charge in [-0.3, -0.25) is 4.98 Å². The van der Waals surface area contributed by atoms with Crippen LogP contribution < -0.4 is 5.32 Å². The van der Waals surface area contributed by atoms with Crippen LogP contribution in [-0.4, -0.2) is 11.5 Å². The van der Waals surface area contributed by atoms with Crippen LogP contribution in [0.5, 0.6) is 0 Å². The fourth-order valence-electron chi connectivity index (χ4n) is 3.32. The van der Waals surface area contributed by atoms with Gasteiger partial charge in [0.05, 0.1) is 6.20 Å². The zero-order valence-electron chi connectivity index (χ0n) is 12.0. The maximum Gasteiger partial charge on any atom is 0.146 e. The van der Waals surface area contributed by atoms with Gasteiger partial charge in [0.25, 0.3) is 0 Å². The molecular weight excluding hydrogens is 239 g/mol. The molecule has 1 aromatic rings. The third kappa shape index (κ3) is 3.53. The number of hydrogen-bond acceptors (Lipinski definition) is 2. The van der Waals surface area contributed by atoms with Crippen molar-refractivity contribution < 1.29 is 4.39 Å². The first kappa shape index (κ1) is 14.4. The van der Waals surface area contributed by atoms with E-state index in [1.54, 1.807) is 6.20 Å². The fourth-order valence-corrected chi connectivity index (χ4v) is 3.32. The number of nitrogens with zero attached hydrogens (tertiary/aromatic N) is 1. The molecule has 0 aliphatic heterocycles. The Labute approximate surface area is 115 Å². The summed E-state index contributed by atoms with van der Waals surface area (Å²) in [5.74, 6) is 1.26. The summed E-state index contributed by atoms with van der Waals surface area (Å²) in [7, 11) is 0. The van der Waals surface area contributed by atoms with E-state index in [0.717, 1.165) is 18.0 Å². The molecule has 1 heterocycles. The van der Waals surface area contributed by atoms with E-state index in [4.69, 9.17) is 0 Å². The second-order valence-electron chi connectivity index (χ2n) is 5.62. The molecule has 1 atom stereocenters. The monoisotopic (exact) mass is 264 g/mol. The highest BCUT2D eigenvalue weighted by Gasteiger charge is 2.29. The summed E-state index contributed by atoms with van der Waals surface area (Å²) < 4.78 is 14.0. The third-order valence-electron chi connectivity index (χ3n) is 4.50. The van der Waals surface area contributed by atoms with Crippen molar-refractivity contribution in [2.75, 3.05) is 6.54 Å². The summed E-state index contributed by atoms with van der Waals surface area (Å²) in [4.78, 5) is 3.86. The summed E-state index contributed by atoms with van der Waals surface area (Å²) in [6.07, 6.45) is 9.29. The molecule has 19 heavy (non-hydrogen) atoms. The minimum absolute atomic E-state index is 0.144. The lowest BCUT2D eigenvalue weighted by Gasteiger charge is -2.34. The smallest absolute Gasteiger partial charge is 0.146 e. The van der Waals surface area contributed by atoms with Gasteiger partial charge in [-0.15, -0.1) is 0 Å². The number of aromatic nitrogens is 1. The molecule has 1 saturated carbocycles. The lowest BCUT2D eigenvalue weighted by atomic mass is 9.76. The zero-order valence-corrected chi connectivity index (χ0v) is 12.0. The second-order valence-corrected chi connectivity index (χ2v) is 5.62. The van der Waals surface area contributed by atoms with Crippen LogP contribution in [0.4, 0.5) is 4.39 Å². The van der Waals surface area contributed by atoms with E-state index in [2.05, 4.69) is 24.1 Å². The normalized spacial score (nSPS) is 25.2. The Bertz CT molecular complexity index is 386. The van der Waals surface area contributed by atoms with Crippen LogP contribution in [0.1, 0.15) is 57.6 Å². The standard InChI is InChI=1S/C16H25FN2/c1-3-12-5-7-13(8-6-12)16(19-4-2)14-9-10-18-11-15(14)17/h9-13,16,19H,3-8H2,1-2H3. The van der Waals surface area contributed by atoms with Crippen molar-refractivity contribution in [3.05, 3.63) is 29.8 Å². The first-order valence-corrected chi connectivity index (χ1v) is 7.59. The van der Waals surface area contributed by atoms with E-state index in [9.17, 15) is 4.39 Å². The Morgan fingerprint density at radius 3 is 2.63 bits per heavy atom. The molecule has 0 saturated heterocycles. The summed E-state index contributed by atoms with van der Waals surface area (Å²) in [5.41, 5.74) is 0.789. The number of hydrogen-bond donors (Lipinski definition) is 1. The molecule has 1 N–H and O–H groups in total. The zero-order chi connectivity index (χ0) is 13.7. The van der Waals surface area contributed by atoms with Gasteiger partial charge in [0.2, 0.25) is 0 Å². The maximum atomic E-state index is 14.0. The Hall–Kier alpha value is -0.960. The van der Waals surface area contributed by atoms with Crippen LogP contribution in [0.25, 0.3) is 0 Å². The van der Waals surface area contributed by atoms with Crippen LogP contribution >= 0.6 is 0 Å². The van der Waals surface area contributed by atoms with Crippen molar-refractivity contribution in [3.8, 4) is 0 Å². The van der Waals surface area contributed by atoms with Crippen molar-refractivity contribution in [3.63, 3.8) is 0 Å². The number of nitrogens with one attached hydrogen (secondary N) is 1. The van der Waals surface area contributed by atoms with E-state index < -0.39 is 0 Å². The largest absolute Gasteiger partial charge is 0.310 e. The number of rotatable bonds is 5. The molecule has 2 nitrogen and oxygen atoms in total. The molecule has 1 aromatic heterocycles. The van der Waals surface area contributed by atoms with Crippen LogP contribution in [0.15, 0.2) is 18.5 Å². The van der Waals surface area contributed by atoms with Crippen molar-refractivity contribution >= 4 is 0 Å². The Morgan fingerprint density at radius 1 is 1.32 bits per heavy atom. The van der Waals surface area contributed by atoms with E-state index >= 15 is 0 Å². The summed E-state index contributed by atoms with van der Waals surface area (Å²) in [6.45, 7) is 5.24. The van der Waals surface area contributed by atoms with Gasteiger partial charge in [-0.25, -0.2) is 4.39 Å². The lowest BCUT2D eigenvalue weighted by Crippen LogP contribution is -2.31. The highest BCUT2D eigenvalue weighted by atomic mass is 19.1. The molecular formula is C16H25FN2. The predicted octanol–water partition coefficient (Wildman–Crippen LogP) is 4.09. The highest BCUT2D eigenvalue weighted by Crippen LogP contribution is 2.38. The van der Waals surface area contributed by atoms with E-state index in [1.165, 1.54) is 38.3 Å². The first-order chi connectivity index (χ1) is 9.26. The van der Waals surface area contributed by atoms with Gasteiger partial charge in [-0.05, 0) is 37.3 Å². The van der Waals surface area contributed by atoms with Crippen LogP contribution in [0, 0.1) is 17.7 Å². The second kappa shape index (κ2) is 6.99. The van der Waals surface area contributed by atoms with Gasteiger partial charge in [-0.1, -0.05) is 33.1 Å². The predicted molar refractivity (Wildman–Crippen MR) is 76.4 cm³/mol. The van der Waals surface area contributed by atoms with Crippen LogP contribution in [0.2, 0.25) is 0 Å². The minimum Gasteiger partial charge on any atom is -0.310 e. The Kier molecular flexibility index (Phi) is 5.32. The highest BCUT2D eigenvalue weighted by molar-refractivity contribution is 5.18. The first-order valence-electron chi connectivity index (χ1n) is 7.59. The molecule has 3 heteroatoms. The van der Waals surface area contributed by atoms with E-state index in [1.807, 2.05) is 6.07 Å². The number of pyridine rings is 1. The lowest BCUT2D eigenvalue weighted by molar-refractivity contribution is 0.217. The summed E-state index contributed by atoms with van der Waals surface area (Å²) in [6, 6.07) is 1.97. The molecule has 1 fully saturated rings. The van der Waals surface area contributed by atoms with Crippen molar-refractivity contribution in [1.82, 2.24) is 10.3 Å². The molecule has 0 amide bonds. The van der Waals surface area contributed by atoms with Gasteiger partial charge < -0.3 is 5.32 Å². The molecule has 0 bridgehead atoms. The fraction of sp³-hybridized carbons (Fsp3) is 0.688. The van der Waals surface area contributed by atoms with Gasteiger partial charge in [-0.2, -0.15) is 0 Å². The molecule has 106 valence electrons. The van der Waals surface area contributed by atoms with Crippen molar-refractivity contribution in [1.29, 1.82) is 0 Å². The summed E-state index contributed by atoms with van der Waals surface area (Å²) in [5, 5.41) is 3.47. The Balaban J connectivity index is 2.10. The van der Waals surface area contributed by atoms with Gasteiger partial charge in [0.15, 0.2) is 0 Å². The van der Waals surface area contributed by atoms with Gasteiger partial charge in [0, 0.05) is 17.8 Å². The number of halogens is 1. The SMILES string of the molecule is CCNC(c1ccncc1F)C1CCC(CC)CC1. The average Bonchev–Trinajstić information content (AvgIpc) is 2.46. The molecule has 1 aliphatic carbocycles. The van der Waals surface area contributed by atoms with E-state index in [-0.39, 0.29) is 11.9 Å².